The summed E-state index contributed by atoms with van der Waals surface area (Å²) >= 11 is 0. The van der Waals surface area contributed by atoms with Gasteiger partial charge in [0.15, 0.2) is 0 Å². The minimum absolute atomic E-state index is 0.0317. The molecule has 1 unspecified atom stereocenters. The Balaban J connectivity index is 1.77. The molecule has 3 rings (SSSR count). The maximum atomic E-state index is 12.5. The van der Waals surface area contributed by atoms with Crippen molar-refractivity contribution in [3.8, 4) is 0 Å². The van der Waals surface area contributed by atoms with Crippen LogP contribution < -0.4 is 0 Å². The van der Waals surface area contributed by atoms with Gasteiger partial charge in [-0.2, -0.15) is 4.31 Å². The molecule has 0 bridgehead atoms. The van der Waals surface area contributed by atoms with E-state index in [0.717, 1.165) is 12.8 Å². The van der Waals surface area contributed by atoms with Crippen LogP contribution in [-0.4, -0.2) is 62.4 Å². The van der Waals surface area contributed by atoms with Crippen LogP contribution in [0.15, 0.2) is 29.2 Å². The average molecular weight is 338 g/mol. The highest BCUT2D eigenvalue weighted by Gasteiger charge is 2.28. The van der Waals surface area contributed by atoms with E-state index in [1.165, 1.54) is 16.4 Å². The quantitative estimate of drug-likeness (QED) is 0.834. The molecule has 23 heavy (non-hydrogen) atoms. The van der Waals surface area contributed by atoms with Crippen molar-refractivity contribution in [1.82, 2.24) is 9.21 Å². The molecule has 0 saturated carbocycles. The predicted octanol–water partition coefficient (Wildman–Crippen LogP) is 1.33. The van der Waals surface area contributed by atoms with Gasteiger partial charge in [0.1, 0.15) is 0 Å². The molecule has 2 saturated heterocycles. The lowest BCUT2D eigenvalue weighted by Gasteiger charge is -2.33. The smallest absolute Gasteiger partial charge is 0.254 e. The fourth-order valence-corrected chi connectivity index (χ4v) is 4.56. The van der Waals surface area contributed by atoms with Crippen LogP contribution in [-0.2, 0) is 14.8 Å². The second-order valence-corrected chi connectivity index (χ2v) is 8.00. The molecule has 1 aromatic rings. The maximum absolute atomic E-state index is 12.5. The van der Waals surface area contributed by atoms with Crippen LogP contribution in [0.3, 0.4) is 0 Å². The first-order valence-electron chi connectivity index (χ1n) is 7.99. The Labute approximate surface area is 137 Å². The van der Waals surface area contributed by atoms with E-state index in [-0.39, 0.29) is 16.8 Å². The summed E-state index contributed by atoms with van der Waals surface area (Å²) in [6.07, 6.45) is 1.81. The highest BCUT2D eigenvalue weighted by atomic mass is 32.2. The molecule has 2 aliphatic heterocycles. The Morgan fingerprint density at radius 3 is 2.39 bits per heavy atom. The van der Waals surface area contributed by atoms with Crippen molar-refractivity contribution in [3.63, 3.8) is 0 Å². The molecule has 0 aromatic heterocycles. The first kappa shape index (κ1) is 16.4. The summed E-state index contributed by atoms with van der Waals surface area (Å²) < 4.78 is 31.8. The normalized spacial score (nSPS) is 23.2. The van der Waals surface area contributed by atoms with Crippen molar-refractivity contribution in [2.75, 3.05) is 32.8 Å². The largest absolute Gasteiger partial charge is 0.377 e. The Hall–Kier alpha value is -1.44. The van der Waals surface area contributed by atoms with Crippen LogP contribution in [0.25, 0.3) is 0 Å². The average Bonchev–Trinajstić information content (AvgIpc) is 3.10. The van der Waals surface area contributed by atoms with Crippen LogP contribution in [0.2, 0.25) is 0 Å². The third-order valence-electron chi connectivity index (χ3n) is 4.43. The van der Waals surface area contributed by atoms with E-state index in [4.69, 9.17) is 4.74 Å². The molecule has 0 radical (unpaired) electrons. The Morgan fingerprint density at radius 1 is 1.13 bits per heavy atom. The fourth-order valence-electron chi connectivity index (χ4n) is 3.04. The van der Waals surface area contributed by atoms with E-state index in [2.05, 4.69) is 0 Å². The standard InChI is InChI=1S/C16H22N2O4S/c1-13-12-22-11-10-18(13)16(19)14-4-6-15(7-5-14)23(20,21)17-8-2-3-9-17/h4-7,13H,2-3,8-12H2,1H3. The summed E-state index contributed by atoms with van der Waals surface area (Å²) in [7, 11) is -3.43. The number of sulfonamides is 1. The van der Waals surface area contributed by atoms with Gasteiger partial charge in [-0.05, 0) is 44.0 Å². The number of hydrogen-bond acceptors (Lipinski definition) is 4. The Kier molecular flexibility index (Phi) is 4.70. The lowest BCUT2D eigenvalue weighted by atomic mass is 10.1. The number of carbonyl (C=O) groups is 1. The van der Waals surface area contributed by atoms with Crippen molar-refractivity contribution < 1.29 is 17.9 Å². The number of amides is 1. The number of ether oxygens (including phenoxy) is 1. The Morgan fingerprint density at radius 2 is 1.78 bits per heavy atom. The van der Waals surface area contributed by atoms with Gasteiger partial charge in [0.25, 0.3) is 5.91 Å². The van der Waals surface area contributed by atoms with Crippen molar-refractivity contribution in [2.45, 2.75) is 30.7 Å². The monoisotopic (exact) mass is 338 g/mol. The Bertz CT molecular complexity index is 666. The summed E-state index contributed by atoms with van der Waals surface area (Å²) in [5, 5.41) is 0. The number of morpholine rings is 1. The minimum Gasteiger partial charge on any atom is -0.377 e. The van der Waals surface area contributed by atoms with Gasteiger partial charge in [-0.1, -0.05) is 0 Å². The second kappa shape index (κ2) is 6.59. The van der Waals surface area contributed by atoms with Crippen molar-refractivity contribution in [3.05, 3.63) is 29.8 Å². The molecule has 7 heteroatoms. The molecule has 2 heterocycles. The zero-order valence-corrected chi connectivity index (χ0v) is 14.1. The molecule has 1 atom stereocenters. The summed E-state index contributed by atoms with van der Waals surface area (Å²) in [5.74, 6) is -0.0779. The van der Waals surface area contributed by atoms with Crippen LogP contribution in [0.1, 0.15) is 30.1 Å². The molecule has 1 amide bonds. The molecule has 0 spiro atoms. The second-order valence-electron chi connectivity index (χ2n) is 6.06. The minimum atomic E-state index is -3.43. The molecular formula is C16H22N2O4S. The summed E-state index contributed by atoms with van der Waals surface area (Å²) in [4.78, 5) is 14.6. The molecular weight excluding hydrogens is 316 g/mol. The van der Waals surface area contributed by atoms with Gasteiger partial charge in [-0.3, -0.25) is 4.79 Å². The SMILES string of the molecule is CC1COCCN1C(=O)c1ccc(S(=O)(=O)N2CCCC2)cc1. The van der Waals surface area contributed by atoms with Gasteiger partial charge in [0, 0.05) is 25.2 Å². The topological polar surface area (TPSA) is 66.9 Å². The van der Waals surface area contributed by atoms with E-state index >= 15 is 0 Å². The molecule has 2 fully saturated rings. The predicted molar refractivity (Wildman–Crippen MR) is 85.8 cm³/mol. The summed E-state index contributed by atoms with van der Waals surface area (Å²) in [6, 6.07) is 6.31. The van der Waals surface area contributed by atoms with Gasteiger partial charge < -0.3 is 9.64 Å². The first-order chi connectivity index (χ1) is 11.0. The highest BCUT2D eigenvalue weighted by Crippen LogP contribution is 2.22. The molecule has 0 N–H and O–H groups in total. The zero-order valence-electron chi connectivity index (χ0n) is 13.3. The van der Waals surface area contributed by atoms with Crippen LogP contribution >= 0.6 is 0 Å². The van der Waals surface area contributed by atoms with E-state index in [1.54, 1.807) is 17.0 Å². The van der Waals surface area contributed by atoms with Crippen molar-refractivity contribution in [2.24, 2.45) is 0 Å². The van der Waals surface area contributed by atoms with E-state index < -0.39 is 10.0 Å². The van der Waals surface area contributed by atoms with Crippen LogP contribution in [0.4, 0.5) is 0 Å². The van der Waals surface area contributed by atoms with Crippen LogP contribution in [0.5, 0.6) is 0 Å². The lowest BCUT2D eigenvalue weighted by Crippen LogP contribution is -2.47. The van der Waals surface area contributed by atoms with Gasteiger partial charge in [0.2, 0.25) is 10.0 Å². The fraction of sp³-hybridized carbons (Fsp3) is 0.562. The number of carbonyl (C=O) groups excluding carboxylic acids is 1. The number of rotatable bonds is 3. The van der Waals surface area contributed by atoms with Crippen LogP contribution in [0, 0.1) is 0 Å². The van der Waals surface area contributed by atoms with E-state index in [0.29, 0.717) is 38.4 Å². The maximum Gasteiger partial charge on any atom is 0.254 e. The van der Waals surface area contributed by atoms with Gasteiger partial charge in [-0.25, -0.2) is 8.42 Å². The third kappa shape index (κ3) is 3.27. The molecule has 0 aliphatic carbocycles. The van der Waals surface area contributed by atoms with Crippen molar-refractivity contribution >= 4 is 15.9 Å². The lowest BCUT2D eigenvalue weighted by molar-refractivity contribution is 0.00359. The van der Waals surface area contributed by atoms with Gasteiger partial charge in [-0.15, -0.1) is 0 Å². The number of nitrogens with zero attached hydrogens (tertiary/aromatic N) is 2. The van der Waals surface area contributed by atoms with E-state index in [1.807, 2.05) is 6.92 Å². The summed E-state index contributed by atoms with van der Waals surface area (Å²) in [6.45, 7) is 4.74. The first-order valence-corrected chi connectivity index (χ1v) is 9.43. The molecule has 1 aromatic carbocycles. The van der Waals surface area contributed by atoms with Gasteiger partial charge in [0.05, 0.1) is 24.2 Å². The zero-order chi connectivity index (χ0) is 16.4. The van der Waals surface area contributed by atoms with Gasteiger partial charge >= 0.3 is 0 Å². The van der Waals surface area contributed by atoms with Crippen molar-refractivity contribution in [1.29, 1.82) is 0 Å². The molecule has 6 nitrogen and oxygen atoms in total. The highest BCUT2D eigenvalue weighted by molar-refractivity contribution is 7.89. The third-order valence-corrected chi connectivity index (χ3v) is 6.35. The molecule has 2 aliphatic rings. The van der Waals surface area contributed by atoms with E-state index in [9.17, 15) is 13.2 Å². The number of benzene rings is 1. The molecule has 126 valence electrons. The number of hydrogen-bond donors (Lipinski definition) is 0. The summed E-state index contributed by atoms with van der Waals surface area (Å²) in [5.41, 5.74) is 0.513.